The average Bonchev–Trinajstić information content (AvgIpc) is 3.51. The maximum absolute atomic E-state index is 11.7. The Balaban J connectivity index is 0.000000385. The van der Waals surface area contributed by atoms with E-state index in [1.807, 2.05) is 33.9 Å². The van der Waals surface area contributed by atoms with Gasteiger partial charge in [0.25, 0.3) is 0 Å². The molecule has 1 radical (unpaired) electrons. The summed E-state index contributed by atoms with van der Waals surface area (Å²) in [6.07, 6.45) is 10.2. The van der Waals surface area contributed by atoms with Crippen molar-refractivity contribution in [2.24, 2.45) is 17.3 Å². The fourth-order valence-electron chi connectivity index (χ4n) is 9.21. The van der Waals surface area contributed by atoms with Crippen LogP contribution in [-0.2, 0) is 47.6 Å². The Hall–Kier alpha value is -3.27. The molecule has 1 aliphatic carbocycles. The first kappa shape index (κ1) is 46.4. The van der Waals surface area contributed by atoms with Crippen LogP contribution >= 0.6 is 0 Å². The predicted octanol–water partition coefficient (Wildman–Crippen LogP) is 15.0. The zero-order valence-corrected chi connectivity index (χ0v) is 40.2. The van der Waals surface area contributed by atoms with Gasteiger partial charge in [0, 0.05) is 66.2 Å². The molecule has 0 fully saturated rings. The molecular weight excluding hydrogens is 879 g/mol. The minimum absolute atomic E-state index is 0. The van der Waals surface area contributed by atoms with E-state index in [2.05, 4.69) is 119 Å². The molecule has 1 aliphatic rings. The van der Waals surface area contributed by atoms with Crippen LogP contribution in [0.2, 0.25) is 0 Å². The first-order chi connectivity index (χ1) is 26.1. The summed E-state index contributed by atoms with van der Waals surface area (Å²) >= 11 is 0. The molecule has 311 valence electrons. The molecule has 0 aliphatic heterocycles. The van der Waals surface area contributed by atoms with Crippen molar-refractivity contribution >= 4 is 38.5 Å². The summed E-state index contributed by atoms with van der Waals surface area (Å²) in [5, 5.41) is 14.6. The third-order valence-electron chi connectivity index (χ3n) is 12.6. The van der Waals surface area contributed by atoms with Gasteiger partial charge in [0.2, 0.25) is 0 Å². The van der Waals surface area contributed by atoms with Crippen molar-refractivity contribution in [3.8, 4) is 11.3 Å². The van der Waals surface area contributed by atoms with Crippen molar-refractivity contribution in [1.82, 2.24) is 4.98 Å². The number of ketones is 1. The number of hydrogen-bond acceptors (Lipinski definition) is 4. The molecule has 1 N–H and O–H groups in total. The monoisotopic (exact) mass is 949 g/mol. The number of hydrogen-bond donors (Lipinski definition) is 1. The van der Waals surface area contributed by atoms with Crippen LogP contribution in [0.1, 0.15) is 163 Å². The van der Waals surface area contributed by atoms with E-state index in [0.29, 0.717) is 0 Å². The van der Waals surface area contributed by atoms with Crippen LogP contribution in [0.25, 0.3) is 44.0 Å². The minimum atomic E-state index is -0.0170. The molecule has 2 heterocycles. The maximum Gasteiger partial charge on any atom is 0.162 e. The van der Waals surface area contributed by atoms with Crippen LogP contribution in [0.3, 0.4) is 0 Å². The standard InChI is InChI=1S/C39H46NO.C13H24O2.Ir/c1-23-28(22-36(2,3)4)30-27-16-19-40-33(25-20-24-14-12-13-15-26(24)29(21-25)37(5,6)7)34(27)41-35(30)32-31(23)38(8,9)17-18-39(32,10)11;1-5-10(6-2)12(14)9-13(15)11(7-3)8-4;/h12-16,19,21H,17-18,22H2,1-11H3;9-11,14H,5-8H2,1-4H3;/q-1;;/b;12-9-;. The molecule has 0 amide bonds. The first-order valence-electron chi connectivity index (χ1n) is 21.4. The SMILES string of the molecule is CCC(CC)C(=O)/C=C(\O)C(CC)CC.Cc1c2c(c3oc4c(-c5[c-]c6ccccc6c(C(C)(C)C)c5)nccc4c3c1CC(C)(C)C)C(C)(C)CCC2(C)C.[Ir]. The fourth-order valence-corrected chi connectivity index (χ4v) is 9.21. The second kappa shape index (κ2) is 17.5. The van der Waals surface area contributed by atoms with Gasteiger partial charge in [-0.25, -0.2) is 0 Å². The molecule has 2 aromatic heterocycles. The van der Waals surface area contributed by atoms with Crippen LogP contribution in [-0.4, -0.2) is 15.9 Å². The topological polar surface area (TPSA) is 63.3 Å². The Morgan fingerprint density at radius 2 is 1.44 bits per heavy atom. The summed E-state index contributed by atoms with van der Waals surface area (Å²) in [5.41, 5.74) is 11.2. The van der Waals surface area contributed by atoms with Gasteiger partial charge in [0.15, 0.2) is 5.78 Å². The maximum atomic E-state index is 11.7. The van der Waals surface area contributed by atoms with E-state index in [9.17, 15) is 9.90 Å². The van der Waals surface area contributed by atoms with Gasteiger partial charge in [-0.2, -0.15) is 0 Å². The number of benzene rings is 3. The number of aliphatic hydroxyl groups excluding tert-OH is 1. The molecule has 5 aromatic rings. The van der Waals surface area contributed by atoms with Gasteiger partial charge in [-0.1, -0.05) is 126 Å². The summed E-state index contributed by atoms with van der Waals surface area (Å²) in [6.45, 7) is 34.0. The number of rotatable bonds is 9. The first-order valence-corrected chi connectivity index (χ1v) is 21.4. The minimum Gasteiger partial charge on any atom is -0.512 e. The summed E-state index contributed by atoms with van der Waals surface area (Å²) in [5.74, 6) is 0.547. The van der Waals surface area contributed by atoms with Crippen molar-refractivity contribution < 1.29 is 34.4 Å². The molecule has 0 saturated heterocycles. The van der Waals surface area contributed by atoms with Crippen molar-refractivity contribution in [1.29, 1.82) is 0 Å². The summed E-state index contributed by atoms with van der Waals surface area (Å²) in [4.78, 5) is 16.7. The number of aliphatic hydroxyl groups is 1. The second-order valence-electron chi connectivity index (χ2n) is 20.1. The molecule has 0 atom stereocenters. The van der Waals surface area contributed by atoms with Gasteiger partial charge < -0.3 is 9.52 Å². The third-order valence-corrected chi connectivity index (χ3v) is 12.6. The predicted molar refractivity (Wildman–Crippen MR) is 239 cm³/mol. The molecule has 0 unspecified atom stereocenters. The van der Waals surface area contributed by atoms with Crippen LogP contribution in [0.4, 0.5) is 0 Å². The van der Waals surface area contributed by atoms with Crippen molar-refractivity contribution in [2.45, 2.75) is 165 Å². The number of carbonyl (C=O) groups excluding carboxylic acids is 1. The van der Waals surface area contributed by atoms with E-state index >= 15 is 0 Å². The largest absolute Gasteiger partial charge is 0.512 e. The van der Waals surface area contributed by atoms with E-state index in [1.54, 1.807) is 0 Å². The smallest absolute Gasteiger partial charge is 0.162 e. The molecule has 0 saturated carbocycles. The number of nitrogens with zero attached hydrogens (tertiary/aromatic N) is 1. The number of allylic oxidation sites excluding steroid dienone is 2. The Kier molecular flexibility index (Phi) is 14.3. The van der Waals surface area contributed by atoms with Crippen LogP contribution in [0.5, 0.6) is 0 Å². The van der Waals surface area contributed by atoms with E-state index in [4.69, 9.17) is 9.40 Å². The molecule has 5 heteroatoms. The molecule has 57 heavy (non-hydrogen) atoms. The van der Waals surface area contributed by atoms with Gasteiger partial charge >= 0.3 is 0 Å². The average molecular weight is 949 g/mol. The third kappa shape index (κ3) is 9.47. The molecule has 0 spiro atoms. The van der Waals surface area contributed by atoms with Gasteiger partial charge in [-0.3, -0.25) is 9.78 Å². The summed E-state index contributed by atoms with van der Waals surface area (Å²) in [6, 6.07) is 16.8. The number of fused-ring (bicyclic) bond motifs is 6. The number of aromatic nitrogens is 1. The quantitative estimate of drug-likeness (QED) is 0.0908. The Labute approximate surface area is 358 Å². The van der Waals surface area contributed by atoms with Crippen LogP contribution in [0, 0.1) is 30.2 Å². The Morgan fingerprint density at radius 3 is 2.00 bits per heavy atom. The molecular formula is C52H70IrNO3-. The van der Waals surface area contributed by atoms with Gasteiger partial charge in [-0.05, 0) is 96.3 Å². The van der Waals surface area contributed by atoms with Gasteiger partial charge in [0.05, 0.1) is 5.76 Å². The van der Waals surface area contributed by atoms with E-state index in [-0.39, 0.29) is 65.1 Å². The van der Waals surface area contributed by atoms with E-state index in [0.717, 1.165) is 66.3 Å². The Morgan fingerprint density at radius 1 is 0.860 bits per heavy atom. The van der Waals surface area contributed by atoms with Crippen molar-refractivity contribution in [3.05, 3.63) is 88.3 Å². The van der Waals surface area contributed by atoms with E-state index in [1.165, 1.54) is 56.5 Å². The molecule has 0 bridgehead atoms. The van der Waals surface area contributed by atoms with Gasteiger partial charge in [0.1, 0.15) is 11.2 Å². The fraction of sp³-hybridized carbons (Fsp3) is 0.538. The van der Waals surface area contributed by atoms with Gasteiger partial charge in [-0.15, -0.1) is 29.1 Å². The second-order valence-corrected chi connectivity index (χ2v) is 20.1. The summed E-state index contributed by atoms with van der Waals surface area (Å²) in [7, 11) is 0. The summed E-state index contributed by atoms with van der Waals surface area (Å²) < 4.78 is 7.13. The molecule has 4 nitrogen and oxygen atoms in total. The zero-order valence-electron chi connectivity index (χ0n) is 37.8. The van der Waals surface area contributed by atoms with Crippen molar-refractivity contribution in [2.75, 3.05) is 0 Å². The van der Waals surface area contributed by atoms with Crippen LogP contribution in [0.15, 0.2) is 58.8 Å². The zero-order chi connectivity index (χ0) is 41.5. The number of pyridine rings is 1. The van der Waals surface area contributed by atoms with Crippen molar-refractivity contribution in [3.63, 3.8) is 0 Å². The molecule has 6 rings (SSSR count). The number of carbonyl (C=O) groups is 1. The molecule has 3 aromatic carbocycles. The van der Waals surface area contributed by atoms with E-state index < -0.39 is 0 Å². The normalized spacial score (nSPS) is 15.5. The Bertz CT molecular complexity index is 2250. The van der Waals surface area contributed by atoms with Crippen LogP contribution < -0.4 is 0 Å². The number of furan rings is 1.